The molecule has 3 nitrogen and oxygen atoms in total. The second-order valence-corrected chi connectivity index (χ2v) is 7.74. The van der Waals surface area contributed by atoms with Crippen molar-refractivity contribution in [3.63, 3.8) is 0 Å². The van der Waals surface area contributed by atoms with Gasteiger partial charge in [-0.2, -0.15) is 0 Å². The van der Waals surface area contributed by atoms with E-state index in [1.165, 1.54) is 21.9 Å². The first-order valence-corrected chi connectivity index (χ1v) is 9.75. The zero-order valence-corrected chi connectivity index (χ0v) is 16.2. The Morgan fingerprint density at radius 2 is 1.74 bits per heavy atom. The number of aromatic amines is 1. The van der Waals surface area contributed by atoms with Crippen LogP contribution in [0.1, 0.15) is 61.4 Å². The summed E-state index contributed by atoms with van der Waals surface area (Å²) < 4.78 is 1.82. The fourth-order valence-electron chi connectivity index (χ4n) is 4.07. The molecule has 1 N–H and O–H groups in total. The van der Waals surface area contributed by atoms with Crippen molar-refractivity contribution in [2.45, 2.75) is 45.4 Å². The van der Waals surface area contributed by atoms with Gasteiger partial charge in [-0.1, -0.05) is 45.0 Å². The van der Waals surface area contributed by atoms with Crippen LogP contribution in [0.3, 0.4) is 0 Å². The lowest BCUT2D eigenvalue weighted by Crippen LogP contribution is -2.10. The molecule has 0 saturated carbocycles. The first-order valence-electron chi connectivity index (χ1n) is 9.75. The smallest absolute Gasteiger partial charge is 0.231 e. The van der Waals surface area contributed by atoms with Crippen molar-refractivity contribution in [3.8, 4) is 0 Å². The Labute approximate surface area is 160 Å². The maximum absolute atomic E-state index is 12.9. The topological polar surface area (TPSA) is 37.8 Å². The molecule has 1 atom stereocenters. The molecule has 0 aliphatic heterocycles. The largest absolute Gasteiger partial charge is 0.361 e. The monoisotopic (exact) mass is 358 g/mol. The number of fused-ring (bicyclic) bond motifs is 2. The third-order valence-electron chi connectivity index (χ3n) is 5.61. The number of aromatic nitrogens is 2. The minimum atomic E-state index is 0.166. The van der Waals surface area contributed by atoms with E-state index in [4.69, 9.17) is 0 Å². The third kappa shape index (κ3) is 3.18. The maximum atomic E-state index is 12.9. The molecule has 1 unspecified atom stereocenters. The molecule has 0 fully saturated rings. The highest BCUT2D eigenvalue weighted by Crippen LogP contribution is 2.29. The highest BCUT2D eigenvalue weighted by molar-refractivity contribution is 5.94. The lowest BCUT2D eigenvalue weighted by Gasteiger charge is -2.13. The Hall–Kier alpha value is -2.81. The van der Waals surface area contributed by atoms with Gasteiger partial charge in [0.05, 0.1) is 5.52 Å². The molecule has 0 saturated heterocycles. The molecule has 0 amide bonds. The predicted octanol–water partition coefficient (Wildman–Crippen LogP) is 6.47. The first kappa shape index (κ1) is 17.6. The van der Waals surface area contributed by atoms with Crippen LogP contribution >= 0.6 is 0 Å². The molecule has 27 heavy (non-hydrogen) atoms. The van der Waals surface area contributed by atoms with Crippen LogP contribution in [-0.2, 0) is 0 Å². The third-order valence-corrected chi connectivity index (χ3v) is 5.61. The summed E-state index contributed by atoms with van der Waals surface area (Å²) in [6.45, 7) is 6.59. The van der Waals surface area contributed by atoms with Crippen LogP contribution < -0.4 is 0 Å². The number of carbonyl (C=O) groups excluding carboxylic acids is 1. The summed E-state index contributed by atoms with van der Waals surface area (Å²) in [7, 11) is 0. The van der Waals surface area contributed by atoms with E-state index < -0.39 is 0 Å². The molecule has 0 bridgehead atoms. The quantitative estimate of drug-likeness (QED) is 0.436. The van der Waals surface area contributed by atoms with Gasteiger partial charge in [0.25, 0.3) is 0 Å². The number of H-pyrrole nitrogens is 1. The minimum absolute atomic E-state index is 0.166. The zero-order chi connectivity index (χ0) is 19.0. The van der Waals surface area contributed by atoms with Gasteiger partial charge in [0.1, 0.15) is 0 Å². The summed E-state index contributed by atoms with van der Waals surface area (Å²) in [4.78, 5) is 16.2. The summed E-state index contributed by atoms with van der Waals surface area (Å²) in [6.07, 6.45) is 5.28. The van der Waals surface area contributed by atoms with Gasteiger partial charge in [-0.3, -0.25) is 9.36 Å². The van der Waals surface area contributed by atoms with Gasteiger partial charge in [-0.25, -0.2) is 0 Å². The highest BCUT2D eigenvalue weighted by atomic mass is 16.2. The number of hydrogen-bond acceptors (Lipinski definition) is 1. The van der Waals surface area contributed by atoms with E-state index in [1.54, 1.807) is 0 Å². The number of rotatable bonds is 5. The molecule has 0 aliphatic rings. The van der Waals surface area contributed by atoms with Gasteiger partial charge in [-0.05, 0) is 53.6 Å². The predicted molar refractivity (Wildman–Crippen MR) is 113 cm³/mol. The van der Waals surface area contributed by atoms with E-state index in [0.717, 1.165) is 17.5 Å². The van der Waals surface area contributed by atoms with Crippen molar-refractivity contribution in [1.82, 2.24) is 9.55 Å². The van der Waals surface area contributed by atoms with E-state index in [2.05, 4.69) is 68.2 Å². The molecule has 0 radical (unpaired) electrons. The second kappa shape index (κ2) is 7.07. The SMILES string of the molecule is CC(C)c1cccc2c1ccn2C(=O)CCC(C)c1cccc2[nH]ccc12. The van der Waals surface area contributed by atoms with Crippen molar-refractivity contribution in [2.24, 2.45) is 0 Å². The molecular weight excluding hydrogens is 332 g/mol. The number of nitrogens with zero attached hydrogens (tertiary/aromatic N) is 1. The van der Waals surface area contributed by atoms with E-state index in [9.17, 15) is 4.79 Å². The molecule has 0 spiro atoms. The maximum Gasteiger partial charge on any atom is 0.231 e. The number of benzene rings is 2. The average molecular weight is 358 g/mol. The number of hydrogen-bond donors (Lipinski definition) is 1. The first-order chi connectivity index (χ1) is 13.1. The second-order valence-electron chi connectivity index (χ2n) is 7.74. The summed E-state index contributed by atoms with van der Waals surface area (Å²) >= 11 is 0. The zero-order valence-electron chi connectivity index (χ0n) is 16.2. The van der Waals surface area contributed by atoms with Gasteiger partial charge in [-0.15, -0.1) is 0 Å². The van der Waals surface area contributed by atoms with Crippen LogP contribution in [0.15, 0.2) is 60.9 Å². The van der Waals surface area contributed by atoms with Crippen LogP contribution in [0.5, 0.6) is 0 Å². The van der Waals surface area contributed by atoms with Crippen LogP contribution in [0, 0.1) is 0 Å². The van der Waals surface area contributed by atoms with Gasteiger partial charge in [0, 0.05) is 35.1 Å². The number of carbonyl (C=O) groups is 1. The Bertz CT molecular complexity index is 1100. The van der Waals surface area contributed by atoms with Gasteiger partial charge in [0.15, 0.2) is 0 Å². The minimum Gasteiger partial charge on any atom is -0.361 e. The standard InChI is InChI=1S/C24H26N2O/c1-16(2)18-6-5-9-23-21(18)13-15-26(23)24(27)11-10-17(3)19-7-4-8-22-20(19)12-14-25-22/h4-9,12-17,25H,10-11H2,1-3H3. The molecule has 2 heterocycles. The molecule has 2 aromatic carbocycles. The number of nitrogens with one attached hydrogen (secondary N) is 1. The summed E-state index contributed by atoms with van der Waals surface area (Å²) in [5.41, 5.74) is 4.78. The Morgan fingerprint density at radius 1 is 0.963 bits per heavy atom. The van der Waals surface area contributed by atoms with E-state index in [1.807, 2.05) is 23.0 Å². The molecule has 4 rings (SSSR count). The summed E-state index contributed by atoms with van der Waals surface area (Å²) in [5.74, 6) is 0.946. The molecule has 4 aromatic rings. The van der Waals surface area contributed by atoms with Crippen molar-refractivity contribution >= 4 is 27.7 Å². The van der Waals surface area contributed by atoms with Gasteiger partial charge >= 0.3 is 0 Å². The lowest BCUT2D eigenvalue weighted by molar-refractivity contribution is 0.0903. The summed E-state index contributed by atoms with van der Waals surface area (Å²) in [5, 5.41) is 2.44. The Balaban J connectivity index is 1.54. The van der Waals surface area contributed by atoms with Crippen LogP contribution in [0.25, 0.3) is 21.8 Å². The van der Waals surface area contributed by atoms with E-state index >= 15 is 0 Å². The molecule has 3 heteroatoms. The van der Waals surface area contributed by atoms with E-state index in [0.29, 0.717) is 18.3 Å². The fourth-order valence-corrected chi connectivity index (χ4v) is 4.07. The van der Waals surface area contributed by atoms with Crippen LogP contribution in [0.4, 0.5) is 0 Å². The molecule has 2 aromatic heterocycles. The molecule has 0 aliphatic carbocycles. The lowest BCUT2D eigenvalue weighted by atomic mass is 9.93. The Kier molecular flexibility index (Phi) is 4.61. The van der Waals surface area contributed by atoms with Crippen LogP contribution in [0.2, 0.25) is 0 Å². The van der Waals surface area contributed by atoms with Crippen molar-refractivity contribution in [3.05, 3.63) is 72.1 Å². The summed E-state index contributed by atoms with van der Waals surface area (Å²) in [6, 6.07) is 16.8. The van der Waals surface area contributed by atoms with Crippen molar-refractivity contribution in [2.75, 3.05) is 0 Å². The Morgan fingerprint density at radius 3 is 2.56 bits per heavy atom. The van der Waals surface area contributed by atoms with Gasteiger partial charge in [0.2, 0.25) is 5.91 Å². The van der Waals surface area contributed by atoms with Crippen molar-refractivity contribution < 1.29 is 4.79 Å². The van der Waals surface area contributed by atoms with Crippen molar-refractivity contribution in [1.29, 1.82) is 0 Å². The van der Waals surface area contributed by atoms with E-state index in [-0.39, 0.29) is 5.91 Å². The normalized spacial score (nSPS) is 12.9. The molecule has 138 valence electrons. The highest BCUT2D eigenvalue weighted by Gasteiger charge is 2.15. The fraction of sp³-hybridized carbons (Fsp3) is 0.292. The van der Waals surface area contributed by atoms with Gasteiger partial charge < -0.3 is 4.98 Å². The average Bonchev–Trinajstić information content (AvgIpc) is 3.31. The molecular formula is C24H26N2O. The van der Waals surface area contributed by atoms with Crippen LogP contribution in [-0.4, -0.2) is 15.5 Å².